The average Bonchev–Trinajstić information content (AvgIpc) is 3.01. The van der Waals surface area contributed by atoms with Gasteiger partial charge in [-0.3, -0.25) is 4.90 Å². The second kappa shape index (κ2) is 6.93. The minimum absolute atomic E-state index is 0.816. The Bertz CT molecular complexity index is 412. The van der Waals surface area contributed by atoms with Gasteiger partial charge in [-0.15, -0.1) is 0 Å². The summed E-state index contributed by atoms with van der Waals surface area (Å²) >= 11 is 5.94. The highest BCUT2D eigenvalue weighted by atomic mass is 35.5. The fourth-order valence-electron chi connectivity index (χ4n) is 3.58. The van der Waals surface area contributed by atoms with E-state index >= 15 is 0 Å². The lowest BCUT2D eigenvalue weighted by Crippen LogP contribution is -2.47. The number of halogens is 1. The van der Waals surface area contributed by atoms with Crippen LogP contribution in [0.25, 0.3) is 0 Å². The molecule has 1 aromatic carbocycles. The fourth-order valence-corrected chi connectivity index (χ4v) is 3.70. The maximum absolute atomic E-state index is 5.94. The summed E-state index contributed by atoms with van der Waals surface area (Å²) in [5, 5.41) is 0.834. The molecule has 2 nitrogen and oxygen atoms in total. The molecule has 0 amide bonds. The van der Waals surface area contributed by atoms with E-state index in [1.807, 2.05) is 12.1 Å². The van der Waals surface area contributed by atoms with Gasteiger partial charge >= 0.3 is 0 Å². The van der Waals surface area contributed by atoms with Crippen molar-refractivity contribution in [3.8, 4) is 0 Å². The highest BCUT2D eigenvalue weighted by molar-refractivity contribution is 6.30. The first kappa shape index (κ1) is 14.4. The van der Waals surface area contributed by atoms with Gasteiger partial charge in [-0.05, 0) is 69.4 Å². The second-order valence-corrected chi connectivity index (χ2v) is 6.65. The molecule has 0 bridgehead atoms. The Hall–Kier alpha value is -0.570. The van der Waals surface area contributed by atoms with Crippen molar-refractivity contribution < 1.29 is 0 Å². The van der Waals surface area contributed by atoms with E-state index in [2.05, 4.69) is 21.9 Å². The number of piperidine rings is 1. The van der Waals surface area contributed by atoms with Crippen LogP contribution < -0.4 is 0 Å². The molecule has 2 aliphatic heterocycles. The highest BCUT2D eigenvalue weighted by Crippen LogP contribution is 2.20. The molecule has 0 saturated carbocycles. The number of likely N-dealkylation sites (tertiary alicyclic amines) is 2. The van der Waals surface area contributed by atoms with Crippen molar-refractivity contribution in [1.29, 1.82) is 0 Å². The number of hydrogen-bond donors (Lipinski definition) is 0. The Balaban J connectivity index is 1.48. The van der Waals surface area contributed by atoms with Gasteiger partial charge in [0.25, 0.3) is 0 Å². The van der Waals surface area contributed by atoms with E-state index in [1.54, 1.807) is 0 Å². The molecule has 2 heterocycles. The van der Waals surface area contributed by atoms with Crippen LogP contribution in [0.5, 0.6) is 0 Å². The molecule has 1 aromatic rings. The molecule has 2 saturated heterocycles. The summed E-state index contributed by atoms with van der Waals surface area (Å²) in [5.74, 6) is 0. The monoisotopic (exact) mass is 292 g/mol. The van der Waals surface area contributed by atoms with Crippen LogP contribution in [-0.2, 0) is 6.42 Å². The van der Waals surface area contributed by atoms with Gasteiger partial charge < -0.3 is 4.90 Å². The van der Waals surface area contributed by atoms with Gasteiger partial charge in [0, 0.05) is 24.2 Å². The van der Waals surface area contributed by atoms with Crippen molar-refractivity contribution >= 4 is 11.6 Å². The lowest BCUT2D eigenvalue weighted by molar-refractivity contribution is 0.116. The van der Waals surface area contributed by atoms with Crippen molar-refractivity contribution in [1.82, 2.24) is 9.80 Å². The van der Waals surface area contributed by atoms with Crippen LogP contribution in [0, 0.1) is 0 Å². The van der Waals surface area contributed by atoms with Gasteiger partial charge in [-0.25, -0.2) is 0 Å². The van der Waals surface area contributed by atoms with E-state index in [0.29, 0.717) is 0 Å². The SMILES string of the molecule is Clc1ccc(CCN2CCCC(N3CCCC3)C2)cc1. The fraction of sp³-hybridized carbons (Fsp3) is 0.647. The molecule has 0 aliphatic carbocycles. The summed E-state index contributed by atoms with van der Waals surface area (Å²) in [6.45, 7) is 6.39. The number of benzene rings is 1. The molecular formula is C17H25ClN2. The van der Waals surface area contributed by atoms with Crippen LogP contribution in [0.15, 0.2) is 24.3 Å². The van der Waals surface area contributed by atoms with Crippen molar-refractivity contribution in [2.75, 3.05) is 32.7 Å². The van der Waals surface area contributed by atoms with Crippen LogP contribution in [0.3, 0.4) is 0 Å². The number of rotatable bonds is 4. The molecule has 0 N–H and O–H groups in total. The van der Waals surface area contributed by atoms with Crippen LogP contribution in [0.1, 0.15) is 31.2 Å². The molecule has 3 rings (SSSR count). The first-order chi connectivity index (χ1) is 9.81. The smallest absolute Gasteiger partial charge is 0.0406 e. The van der Waals surface area contributed by atoms with Crippen molar-refractivity contribution in [3.63, 3.8) is 0 Å². The predicted octanol–water partition coefficient (Wildman–Crippen LogP) is 3.44. The second-order valence-electron chi connectivity index (χ2n) is 6.22. The zero-order valence-corrected chi connectivity index (χ0v) is 13.0. The normalized spacial score (nSPS) is 25.1. The summed E-state index contributed by atoms with van der Waals surface area (Å²) in [6.07, 6.45) is 6.71. The lowest BCUT2D eigenvalue weighted by atomic mass is 10.0. The van der Waals surface area contributed by atoms with E-state index < -0.39 is 0 Å². The van der Waals surface area contributed by atoms with Gasteiger partial charge in [0.05, 0.1) is 0 Å². The minimum atomic E-state index is 0.816. The third-order valence-electron chi connectivity index (χ3n) is 4.77. The molecule has 1 atom stereocenters. The topological polar surface area (TPSA) is 6.48 Å². The summed E-state index contributed by atoms with van der Waals surface area (Å²) in [4.78, 5) is 5.37. The number of nitrogens with zero attached hydrogens (tertiary/aromatic N) is 2. The molecular weight excluding hydrogens is 268 g/mol. The van der Waals surface area contributed by atoms with Crippen LogP contribution >= 0.6 is 11.6 Å². The third kappa shape index (κ3) is 3.75. The average molecular weight is 293 g/mol. The zero-order valence-electron chi connectivity index (χ0n) is 12.2. The highest BCUT2D eigenvalue weighted by Gasteiger charge is 2.26. The van der Waals surface area contributed by atoms with Crippen molar-refractivity contribution in [3.05, 3.63) is 34.9 Å². The van der Waals surface area contributed by atoms with Gasteiger partial charge in [-0.2, -0.15) is 0 Å². The van der Waals surface area contributed by atoms with E-state index in [4.69, 9.17) is 11.6 Å². The lowest BCUT2D eigenvalue weighted by Gasteiger charge is -2.37. The van der Waals surface area contributed by atoms with Crippen LogP contribution in [0.4, 0.5) is 0 Å². The molecule has 0 radical (unpaired) electrons. The molecule has 0 spiro atoms. The quantitative estimate of drug-likeness (QED) is 0.839. The van der Waals surface area contributed by atoms with Crippen molar-refractivity contribution in [2.45, 2.75) is 38.1 Å². The maximum Gasteiger partial charge on any atom is 0.0406 e. The predicted molar refractivity (Wildman–Crippen MR) is 85.4 cm³/mol. The Kier molecular flexibility index (Phi) is 4.98. The largest absolute Gasteiger partial charge is 0.301 e. The Labute approximate surface area is 127 Å². The van der Waals surface area contributed by atoms with Gasteiger partial charge in [0.1, 0.15) is 0 Å². The number of hydrogen-bond acceptors (Lipinski definition) is 2. The minimum Gasteiger partial charge on any atom is -0.301 e. The Morgan fingerprint density at radius 3 is 2.50 bits per heavy atom. The van der Waals surface area contributed by atoms with E-state index in [0.717, 1.165) is 17.5 Å². The van der Waals surface area contributed by atoms with E-state index in [-0.39, 0.29) is 0 Å². The van der Waals surface area contributed by atoms with Gasteiger partial charge in [0.15, 0.2) is 0 Å². The van der Waals surface area contributed by atoms with E-state index in [1.165, 1.54) is 64.0 Å². The first-order valence-electron chi connectivity index (χ1n) is 8.02. The maximum atomic E-state index is 5.94. The van der Waals surface area contributed by atoms with E-state index in [9.17, 15) is 0 Å². The van der Waals surface area contributed by atoms with Crippen molar-refractivity contribution in [2.24, 2.45) is 0 Å². The molecule has 2 fully saturated rings. The van der Waals surface area contributed by atoms with Gasteiger partial charge in [-0.1, -0.05) is 23.7 Å². The zero-order chi connectivity index (χ0) is 13.8. The first-order valence-corrected chi connectivity index (χ1v) is 8.40. The molecule has 20 heavy (non-hydrogen) atoms. The summed E-state index contributed by atoms with van der Waals surface area (Å²) in [5.41, 5.74) is 1.40. The molecule has 110 valence electrons. The molecule has 3 heteroatoms. The van der Waals surface area contributed by atoms with Crippen LogP contribution in [0.2, 0.25) is 5.02 Å². The standard InChI is InChI=1S/C17H25ClN2/c18-16-7-5-15(6-8-16)9-13-19-10-3-4-17(14-19)20-11-1-2-12-20/h5-8,17H,1-4,9-14H2. The van der Waals surface area contributed by atoms with Gasteiger partial charge in [0.2, 0.25) is 0 Å². The molecule has 2 aliphatic rings. The Morgan fingerprint density at radius 2 is 1.75 bits per heavy atom. The summed E-state index contributed by atoms with van der Waals surface area (Å²) < 4.78 is 0. The van der Waals surface area contributed by atoms with Crippen LogP contribution in [-0.4, -0.2) is 48.6 Å². The molecule has 0 aromatic heterocycles. The third-order valence-corrected chi connectivity index (χ3v) is 5.02. The molecule has 1 unspecified atom stereocenters. The summed E-state index contributed by atoms with van der Waals surface area (Å²) in [7, 11) is 0. The Morgan fingerprint density at radius 1 is 1.00 bits per heavy atom. The summed E-state index contributed by atoms with van der Waals surface area (Å²) in [6, 6.07) is 9.13.